The first-order valence-electron chi connectivity index (χ1n) is 9.75. The molecule has 154 valence electrons. The van der Waals surface area contributed by atoms with E-state index in [4.69, 9.17) is 4.74 Å². The van der Waals surface area contributed by atoms with Crippen molar-refractivity contribution in [1.82, 2.24) is 15.3 Å². The van der Waals surface area contributed by atoms with Gasteiger partial charge in [0.2, 0.25) is 5.91 Å². The third kappa shape index (κ3) is 4.10. The van der Waals surface area contributed by atoms with Gasteiger partial charge in [0.1, 0.15) is 5.75 Å². The minimum atomic E-state index is -0.677. The molecule has 2 aromatic heterocycles. The number of nitrogens with one attached hydrogen (secondary N) is 1. The monoisotopic (exact) mass is 406 g/mol. The molecule has 1 amide bonds. The van der Waals surface area contributed by atoms with E-state index in [-0.39, 0.29) is 17.5 Å². The smallest absolute Gasteiger partial charge is 0.230 e. The summed E-state index contributed by atoms with van der Waals surface area (Å²) in [6, 6.07) is 14.4. The van der Waals surface area contributed by atoms with Crippen molar-refractivity contribution in [3.05, 3.63) is 84.1 Å². The highest BCUT2D eigenvalue weighted by atomic mass is 19.1. The zero-order chi connectivity index (χ0) is 21.0. The largest absolute Gasteiger partial charge is 0.497 e. The van der Waals surface area contributed by atoms with Gasteiger partial charge in [0, 0.05) is 38.2 Å². The van der Waals surface area contributed by atoms with Gasteiger partial charge in [-0.2, -0.15) is 0 Å². The van der Waals surface area contributed by atoms with E-state index in [0.29, 0.717) is 26.1 Å². The van der Waals surface area contributed by atoms with Crippen LogP contribution < -0.4 is 15.0 Å². The first-order valence-corrected chi connectivity index (χ1v) is 9.75. The maximum Gasteiger partial charge on any atom is 0.230 e. The molecule has 1 aliphatic rings. The summed E-state index contributed by atoms with van der Waals surface area (Å²) in [5.74, 6) is 0.576. The van der Waals surface area contributed by atoms with Crippen molar-refractivity contribution in [3.63, 3.8) is 0 Å². The molecule has 1 N–H and O–H groups in total. The lowest BCUT2D eigenvalue weighted by Crippen LogP contribution is -2.64. The number of hydrogen-bond acceptors (Lipinski definition) is 5. The van der Waals surface area contributed by atoms with Gasteiger partial charge >= 0.3 is 0 Å². The Kier molecular flexibility index (Phi) is 5.61. The predicted molar refractivity (Wildman–Crippen MR) is 112 cm³/mol. The van der Waals surface area contributed by atoms with Crippen LogP contribution in [-0.4, -0.2) is 36.1 Å². The standard InChI is InChI=1S/C23H23FN4O2/c1-30-19-5-2-4-18(12-19)13-23(22(29)27-14-17-7-10-25-11-8-17)15-28(16-23)21-20(24)6-3-9-26-21/h2-12H,13-16H2,1H3,(H,27,29). The molecule has 0 unspecified atom stereocenters. The summed E-state index contributed by atoms with van der Waals surface area (Å²) in [6.07, 6.45) is 5.48. The number of carbonyl (C=O) groups excluding carboxylic acids is 1. The maximum atomic E-state index is 14.2. The fourth-order valence-electron chi connectivity index (χ4n) is 3.82. The molecule has 4 rings (SSSR count). The summed E-state index contributed by atoms with van der Waals surface area (Å²) < 4.78 is 19.5. The summed E-state index contributed by atoms with van der Waals surface area (Å²) in [4.78, 5) is 23.2. The number of amides is 1. The lowest BCUT2D eigenvalue weighted by atomic mass is 9.73. The van der Waals surface area contributed by atoms with Gasteiger partial charge < -0.3 is 15.0 Å². The van der Waals surface area contributed by atoms with Crippen LogP contribution in [0, 0.1) is 11.2 Å². The second-order valence-electron chi connectivity index (χ2n) is 7.51. The fraction of sp³-hybridized carbons (Fsp3) is 0.261. The van der Waals surface area contributed by atoms with Crippen LogP contribution >= 0.6 is 0 Å². The third-order valence-corrected chi connectivity index (χ3v) is 5.39. The molecule has 0 atom stereocenters. The van der Waals surface area contributed by atoms with Crippen LogP contribution in [0.2, 0.25) is 0 Å². The number of halogens is 1. The second kappa shape index (κ2) is 8.49. The zero-order valence-electron chi connectivity index (χ0n) is 16.7. The molecule has 30 heavy (non-hydrogen) atoms. The van der Waals surface area contributed by atoms with Gasteiger partial charge in [0.15, 0.2) is 11.6 Å². The molecule has 6 nitrogen and oxygen atoms in total. The Morgan fingerprint density at radius 2 is 1.93 bits per heavy atom. The highest BCUT2D eigenvalue weighted by Gasteiger charge is 2.50. The van der Waals surface area contributed by atoms with E-state index in [2.05, 4.69) is 15.3 Å². The molecule has 3 aromatic rings. The lowest BCUT2D eigenvalue weighted by Gasteiger charge is -2.49. The number of carbonyl (C=O) groups is 1. The Morgan fingerprint density at radius 3 is 2.67 bits per heavy atom. The van der Waals surface area contributed by atoms with Crippen LogP contribution in [0.15, 0.2) is 67.1 Å². The van der Waals surface area contributed by atoms with E-state index >= 15 is 0 Å². The Bertz CT molecular complexity index is 1020. The molecule has 1 aromatic carbocycles. The van der Waals surface area contributed by atoms with Crippen molar-refractivity contribution in [2.45, 2.75) is 13.0 Å². The van der Waals surface area contributed by atoms with Crippen LogP contribution in [0.25, 0.3) is 0 Å². The van der Waals surface area contributed by atoms with E-state index in [1.54, 1.807) is 31.8 Å². The average molecular weight is 406 g/mol. The van der Waals surface area contributed by atoms with Crippen molar-refractivity contribution in [3.8, 4) is 5.75 Å². The molecule has 1 saturated heterocycles. The summed E-state index contributed by atoms with van der Waals surface area (Å²) in [5.41, 5.74) is 1.29. The molecule has 0 aliphatic carbocycles. The van der Waals surface area contributed by atoms with E-state index in [0.717, 1.165) is 16.9 Å². The fourth-order valence-corrected chi connectivity index (χ4v) is 3.82. The highest BCUT2D eigenvalue weighted by molar-refractivity contribution is 5.86. The SMILES string of the molecule is COc1cccc(CC2(C(=O)NCc3ccncc3)CN(c3ncccc3F)C2)c1. The first-order chi connectivity index (χ1) is 14.6. The molecule has 3 heterocycles. The minimum Gasteiger partial charge on any atom is -0.497 e. The van der Waals surface area contributed by atoms with E-state index in [9.17, 15) is 9.18 Å². The molecule has 7 heteroatoms. The van der Waals surface area contributed by atoms with Gasteiger partial charge in [-0.3, -0.25) is 9.78 Å². The molecule has 0 bridgehead atoms. The van der Waals surface area contributed by atoms with Gasteiger partial charge in [0.05, 0.1) is 12.5 Å². The van der Waals surface area contributed by atoms with E-state index < -0.39 is 5.41 Å². The molecular weight excluding hydrogens is 383 g/mol. The number of hydrogen-bond donors (Lipinski definition) is 1. The summed E-state index contributed by atoms with van der Waals surface area (Å²) >= 11 is 0. The third-order valence-electron chi connectivity index (χ3n) is 5.39. The molecule has 1 fully saturated rings. The predicted octanol–water partition coefficient (Wildman–Crippen LogP) is 2.99. The van der Waals surface area contributed by atoms with Gasteiger partial charge in [-0.15, -0.1) is 0 Å². The number of nitrogens with zero attached hydrogens (tertiary/aromatic N) is 3. The van der Waals surface area contributed by atoms with Gasteiger partial charge in [0.25, 0.3) is 0 Å². The van der Waals surface area contributed by atoms with Gasteiger partial charge in [-0.1, -0.05) is 12.1 Å². The lowest BCUT2D eigenvalue weighted by molar-refractivity contribution is -0.132. The number of rotatable bonds is 7. The summed E-state index contributed by atoms with van der Waals surface area (Å²) in [6.45, 7) is 1.19. The number of pyridine rings is 2. The second-order valence-corrected chi connectivity index (χ2v) is 7.51. The van der Waals surface area contributed by atoms with Crippen molar-refractivity contribution < 1.29 is 13.9 Å². The molecule has 1 aliphatic heterocycles. The van der Waals surface area contributed by atoms with Crippen LogP contribution in [-0.2, 0) is 17.8 Å². The van der Waals surface area contributed by atoms with Crippen LogP contribution in [0.1, 0.15) is 11.1 Å². The van der Waals surface area contributed by atoms with Crippen LogP contribution in [0.4, 0.5) is 10.2 Å². The number of aromatic nitrogens is 2. The summed E-state index contributed by atoms with van der Waals surface area (Å²) in [5, 5.41) is 3.04. The number of methoxy groups -OCH3 is 1. The number of benzene rings is 1. The molecule has 0 spiro atoms. The van der Waals surface area contributed by atoms with Crippen LogP contribution in [0.3, 0.4) is 0 Å². The first kappa shape index (κ1) is 19.8. The zero-order valence-corrected chi connectivity index (χ0v) is 16.7. The Balaban J connectivity index is 1.54. The minimum absolute atomic E-state index is 0.0604. The van der Waals surface area contributed by atoms with Crippen LogP contribution in [0.5, 0.6) is 5.75 Å². The van der Waals surface area contributed by atoms with Gasteiger partial charge in [-0.05, 0) is 53.9 Å². The molecular formula is C23H23FN4O2. The van der Waals surface area contributed by atoms with Crippen molar-refractivity contribution in [1.29, 1.82) is 0 Å². The average Bonchev–Trinajstić information content (AvgIpc) is 2.76. The topological polar surface area (TPSA) is 67.3 Å². The van der Waals surface area contributed by atoms with E-state index in [1.165, 1.54) is 6.07 Å². The Morgan fingerprint density at radius 1 is 1.13 bits per heavy atom. The normalized spacial score (nSPS) is 14.7. The van der Waals surface area contributed by atoms with E-state index in [1.807, 2.05) is 41.3 Å². The summed E-state index contributed by atoms with van der Waals surface area (Å²) in [7, 11) is 1.62. The number of anilines is 1. The van der Waals surface area contributed by atoms with Gasteiger partial charge in [-0.25, -0.2) is 9.37 Å². The van der Waals surface area contributed by atoms with Crippen molar-refractivity contribution in [2.75, 3.05) is 25.1 Å². The number of ether oxygens (including phenoxy) is 1. The van der Waals surface area contributed by atoms with Crippen molar-refractivity contribution in [2.24, 2.45) is 5.41 Å². The quantitative estimate of drug-likeness (QED) is 0.653. The Hall–Kier alpha value is -3.48. The van der Waals surface area contributed by atoms with Crippen molar-refractivity contribution >= 4 is 11.7 Å². The molecule has 0 saturated carbocycles. The Labute approximate surface area is 174 Å². The highest BCUT2D eigenvalue weighted by Crippen LogP contribution is 2.38. The maximum absolute atomic E-state index is 14.2. The molecule has 0 radical (unpaired) electrons.